The number of nitrogens with zero attached hydrogens (tertiary/aromatic N) is 4. The van der Waals surface area contributed by atoms with Crippen molar-refractivity contribution in [3.8, 4) is 0 Å². The molecule has 30 heavy (non-hydrogen) atoms. The summed E-state index contributed by atoms with van der Waals surface area (Å²) < 4.78 is 56.0. The molecule has 1 aromatic carbocycles. The van der Waals surface area contributed by atoms with Gasteiger partial charge in [-0.3, -0.25) is 4.57 Å². The average Bonchev–Trinajstić information content (AvgIpc) is 3.49. The molecule has 2 aromatic heterocycles. The summed E-state index contributed by atoms with van der Waals surface area (Å²) in [7, 11) is -4.59. The monoisotopic (exact) mass is 454 g/mol. The molecule has 1 saturated heterocycles. The SMILES string of the molecule is O=S(=O)(c1ccc(CSc2nnc(N3CCCC3)n2Cc2ccco2)cc1)C(F)F. The van der Waals surface area contributed by atoms with Crippen molar-refractivity contribution in [3.05, 3.63) is 54.0 Å². The minimum absolute atomic E-state index is 0.386. The first-order chi connectivity index (χ1) is 14.4. The molecule has 3 aromatic rings. The molecular weight excluding hydrogens is 434 g/mol. The highest BCUT2D eigenvalue weighted by Gasteiger charge is 2.26. The summed E-state index contributed by atoms with van der Waals surface area (Å²) in [6.45, 7) is 2.36. The normalized spacial score (nSPS) is 14.7. The van der Waals surface area contributed by atoms with Crippen LogP contribution in [0, 0.1) is 0 Å². The van der Waals surface area contributed by atoms with Crippen molar-refractivity contribution in [2.45, 2.75) is 40.9 Å². The molecule has 1 aliphatic heterocycles. The first-order valence-corrected chi connectivity index (χ1v) is 11.9. The highest BCUT2D eigenvalue weighted by Crippen LogP contribution is 2.28. The number of sulfone groups is 1. The van der Waals surface area contributed by atoms with Gasteiger partial charge in [0.15, 0.2) is 5.16 Å². The van der Waals surface area contributed by atoms with Gasteiger partial charge in [0.05, 0.1) is 17.7 Å². The first kappa shape index (κ1) is 20.9. The number of alkyl halides is 2. The van der Waals surface area contributed by atoms with Crippen LogP contribution in [0.4, 0.5) is 14.7 Å². The van der Waals surface area contributed by atoms with Crippen molar-refractivity contribution < 1.29 is 21.6 Å². The van der Waals surface area contributed by atoms with Gasteiger partial charge in [-0.05, 0) is 42.7 Å². The summed E-state index contributed by atoms with van der Waals surface area (Å²) in [6, 6.07) is 9.22. The molecule has 0 amide bonds. The minimum Gasteiger partial charge on any atom is -0.467 e. The standard InChI is InChI=1S/C19H20F2N4O3S2/c20-17(21)30(26,27)16-7-5-14(6-8-16)13-29-19-23-22-18(24-9-1-2-10-24)25(19)12-15-4-3-11-28-15/h3-8,11,17H,1-2,9-10,12-13H2. The van der Waals surface area contributed by atoms with Crippen LogP contribution in [0.25, 0.3) is 0 Å². The highest BCUT2D eigenvalue weighted by molar-refractivity contribution is 7.98. The van der Waals surface area contributed by atoms with Crippen LogP contribution in [0.15, 0.2) is 57.1 Å². The van der Waals surface area contributed by atoms with E-state index in [-0.39, 0.29) is 4.90 Å². The molecule has 3 heterocycles. The maximum Gasteiger partial charge on any atom is 0.341 e. The third-order valence-electron chi connectivity index (χ3n) is 4.83. The summed E-state index contributed by atoms with van der Waals surface area (Å²) in [5.41, 5.74) is 0.795. The van der Waals surface area contributed by atoms with Crippen LogP contribution >= 0.6 is 11.8 Å². The van der Waals surface area contributed by atoms with Gasteiger partial charge in [-0.2, -0.15) is 8.78 Å². The molecule has 0 radical (unpaired) electrons. The molecule has 4 rings (SSSR count). The van der Waals surface area contributed by atoms with E-state index in [0.717, 1.165) is 43.2 Å². The third-order valence-corrected chi connectivity index (χ3v) is 7.27. The number of rotatable bonds is 8. The van der Waals surface area contributed by atoms with Gasteiger partial charge in [-0.1, -0.05) is 23.9 Å². The Hall–Kier alpha value is -2.40. The molecule has 1 fully saturated rings. The Balaban J connectivity index is 1.51. The maximum atomic E-state index is 12.7. The summed E-state index contributed by atoms with van der Waals surface area (Å²) in [6.07, 6.45) is 3.85. The molecule has 7 nitrogen and oxygen atoms in total. The quantitative estimate of drug-likeness (QED) is 0.479. The lowest BCUT2D eigenvalue weighted by molar-refractivity contribution is 0.234. The second-order valence-corrected chi connectivity index (χ2v) is 9.74. The predicted octanol–water partition coefficient (Wildman–Crippen LogP) is 3.81. The van der Waals surface area contributed by atoms with E-state index in [4.69, 9.17) is 4.42 Å². The Bertz CT molecular complexity index is 1080. The second-order valence-electron chi connectivity index (χ2n) is 6.88. The first-order valence-electron chi connectivity index (χ1n) is 9.39. The van der Waals surface area contributed by atoms with Gasteiger partial charge in [-0.15, -0.1) is 10.2 Å². The predicted molar refractivity (Wildman–Crippen MR) is 108 cm³/mol. The van der Waals surface area contributed by atoms with Gasteiger partial charge in [0.25, 0.3) is 0 Å². The van der Waals surface area contributed by atoms with Gasteiger partial charge in [0.2, 0.25) is 15.8 Å². The van der Waals surface area contributed by atoms with Crippen LogP contribution in [0.3, 0.4) is 0 Å². The van der Waals surface area contributed by atoms with Gasteiger partial charge in [0, 0.05) is 18.8 Å². The van der Waals surface area contributed by atoms with E-state index in [0.29, 0.717) is 17.5 Å². The van der Waals surface area contributed by atoms with E-state index >= 15 is 0 Å². The van der Waals surface area contributed by atoms with E-state index in [2.05, 4.69) is 15.1 Å². The fourth-order valence-electron chi connectivity index (χ4n) is 3.26. The zero-order chi connectivity index (χ0) is 21.1. The Morgan fingerprint density at radius 1 is 1.10 bits per heavy atom. The van der Waals surface area contributed by atoms with E-state index in [1.807, 2.05) is 16.7 Å². The number of anilines is 1. The summed E-state index contributed by atoms with van der Waals surface area (Å²) >= 11 is 1.44. The van der Waals surface area contributed by atoms with Crippen LogP contribution in [0.2, 0.25) is 0 Å². The summed E-state index contributed by atoms with van der Waals surface area (Å²) in [5, 5.41) is 9.41. The maximum absolute atomic E-state index is 12.7. The Kier molecular flexibility index (Phi) is 6.09. The third kappa shape index (κ3) is 4.36. The fourth-order valence-corrected chi connectivity index (χ4v) is 4.87. The highest BCUT2D eigenvalue weighted by atomic mass is 32.2. The van der Waals surface area contributed by atoms with Crippen LogP contribution in [0.1, 0.15) is 24.2 Å². The molecule has 0 aliphatic carbocycles. The van der Waals surface area contributed by atoms with Crippen molar-refractivity contribution >= 4 is 27.5 Å². The Morgan fingerprint density at radius 2 is 1.83 bits per heavy atom. The van der Waals surface area contributed by atoms with Crippen molar-refractivity contribution in [2.75, 3.05) is 18.0 Å². The second kappa shape index (κ2) is 8.76. The minimum atomic E-state index is -4.59. The van der Waals surface area contributed by atoms with Crippen LogP contribution in [-0.2, 0) is 22.1 Å². The molecule has 0 atom stereocenters. The van der Waals surface area contributed by atoms with Crippen molar-refractivity contribution in [2.24, 2.45) is 0 Å². The van der Waals surface area contributed by atoms with E-state index < -0.39 is 15.6 Å². The molecule has 0 bridgehead atoms. The number of hydrogen-bond acceptors (Lipinski definition) is 7. The summed E-state index contributed by atoms with van der Waals surface area (Å²) in [5.74, 6) is -1.35. The van der Waals surface area contributed by atoms with Crippen molar-refractivity contribution in [1.82, 2.24) is 14.8 Å². The lowest BCUT2D eigenvalue weighted by Crippen LogP contribution is -2.22. The van der Waals surface area contributed by atoms with E-state index in [1.165, 1.54) is 36.0 Å². The van der Waals surface area contributed by atoms with E-state index in [9.17, 15) is 17.2 Å². The van der Waals surface area contributed by atoms with Crippen LogP contribution in [0.5, 0.6) is 0 Å². The fraction of sp³-hybridized carbons (Fsp3) is 0.368. The zero-order valence-corrected chi connectivity index (χ0v) is 17.6. The van der Waals surface area contributed by atoms with Gasteiger partial charge in [0.1, 0.15) is 5.76 Å². The molecule has 0 unspecified atom stereocenters. The van der Waals surface area contributed by atoms with Gasteiger partial charge < -0.3 is 9.32 Å². The zero-order valence-electron chi connectivity index (χ0n) is 15.9. The number of hydrogen-bond donors (Lipinski definition) is 0. The lowest BCUT2D eigenvalue weighted by Gasteiger charge is -2.17. The number of halogens is 2. The number of benzene rings is 1. The van der Waals surface area contributed by atoms with E-state index in [1.54, 1.807) is 6.26 Å². The molecule has 11 heteroatoms. The van der Waals surface area contributed by atoms with Crippen LogP contribution in [-0.4, -0.2) is 42.0 Å². The molecule has 160 valence electrons. The number of aromatic nitrogens is 3. The van der Waals surface area contributed by atoms with Crippen molar-refractivity contribution in [3.63, 3.8) is 0 Å². The topological polar surface area (TPSA) is 81.2 Å². The molecule has 0 saturated carbocycles. The smallest absolute Gasteiger partial charge is 0.341 e. The molecule has 1 aliphatic rings. The van der Waals surface area contributed by atoms with Crippen molar-refractivity contribution in [1.29, 1.82) is 0 Å². The van der Waals surface area contributed by atoms with Crippen LogP contribution < -0.4 is 4.90 Å². The largest absolute Gasteiger partial charge is 0.467 e. The number of thioether (sulfide) groups is 1. The Labute approximate surface area is 177 Å². The number of furan rings is 1. The Morgan fingerprint density at radius 3 is 2.47 bits per heavy atom. The lowest BCUT2D eigenvalue weighted by atomic mass is 10.2. The molecule has 0 spiro atoms. The molecular formula is C19H20F2N4O3S2. The summed E-state index contributed by atoms with van der Waals surface area (Å²) in [4.78, 5) is 1.81. The average molecular weight is 455 g/mol. The molecule has 0 N–H and O–H groups in total. The van der Waals surface area contributed by atoms with Gasteiger partial charge >= 0.3 is 5.76 Å². The van der Waals surface area contributed by atoms with Gasteiger partial charge in [-0.25, -0.2) is 8.42 Å².